The van der Waals surface area contributed by atoms with Gasteiger partial charge in [0.25, 0.3) is 5.91 Å². The van der Waals surface area contributed by atoms with Crippen LogP contribution in [0.4, 0.5) is 0 Å². The molecule has 0 aromatic heterocycles. The lowest BCUT2D eigenvalue weighted by atomic mass is 10.1. The summed E-state index contributed by atoms with van der Waals surface area (Å²) in [6.07, 6.45) is -0.409. The van der Waals surface area contributed by atoms with E-state index < -0.39 is 6.23 Å². The van der Waals surface area contributed by atoms with Crippen molar-refractivity contribution in [3.63, 3.8) is 0 Å². The van der Waals surface area contributed by atoms with Crippen LogP contribution >= 0.6 is 0 Å². The Morgan fingerprint density at radius 2 is 1.78 bits per heavy atom. The number of rotatable bonds is 1. The number of fused-ring (bicyclic) bond motifs is 1. The Hall–Kier alpha value is -2.29. The molecular formula is C15H13NO2. The molecule has 1 atom stereocenters. The summed E-state index contributed by atoms with van der Waals surface area (Å²) in [5.41, 5.74) is 2.71. The Labute approximate surface area is 105 Å². The molecule has 0 unspecified atom stereocenters. The summed E-state index contributed by atoms with van der Waals surface area (Å²) in [5.74, 6) is 0.536. The van der Waals surface area contributed by atoms with Crippen molar-refractivity contribution in [2.75, 3.05) is 0 Å². The van der Waals surface area contributed by atoms with Gasteiger partial charge in [-0.25, -0.2) is 0 Å². The first-order valence-corrected chi connectivity index (χ1v) is 5.87. The van der Waals surface area contributed by atoms with Crippen LogP contribution < -0.4 is 10.1 Å². The molecule has 2 aromatic rings. The van der Waals surface area contributed by atoms with Crippen molar-refractivity contribution in [2.45, 2.75) is 13.2 Å². The summed E-state index contributed by atoms with van der Waals surface area (Å²) in [6, 6.07) is 15.2. The largest absolute Gasteiger partial charge is 0.466 e. The van der Waals surface area contributed by atoms with E-state index in [9.17, 15) is 4.79 Å². The molecule has 1 heterocycles. The van der Waals surface area contributed by atoms with E-state index in [-0.39, 0.29) is 5.91 Å². The number of carbonyl (C=O) groups is 1. The lowest BCUT2D eigenvalue weighted by molar-refractivity contribution is 0.0756. The topological polar surface area (TPSA) is 38.3 Å². The van der Waals surface area contributed by atoms with Crippen LogP contribution in [-0.4, -0.2) is 5.91 Å². The molecular weight excluding hydrogens is 226 g/mol. The number of hydrogen-bond acceptors (Lipinski definition) is 2. The fraction of sp³-hybridized carbons (Fsp3) is 0.133. The Balaban J connectivity index is 1.94. The number of amides is 1. The molecule has 0 radical (unpaired) electrons. The molecule has 1 aliphatic rings. The number of hydrogen-bond donors (Lipinski definition) is 1. The summed E-state index contributed by atoms with van der Waals surface area (Å²) in [5, 5.41) is 2.85. The second kappa shape index (κ2) is 4.18. The first kappa shape index (κ1) is 10.8. The highest BCUT2D eigenvalue weighted by molar-refractivity contribution is 5.97. The van der Waals surface area contributed by atoms with Gasteiger partial charge in [-0.05, 0) is 19.1 Å². The number of para-hydroxylation sites is 1. The summed E-state index contributed by atoms with van der Waals surface area (Å²) in [7, 11) is 0. The van der Waals surface area contributed by atoms with Crippen LogP contribution in [0.3, 0.4) is 0 Å². The molecule has 3 rings (SSSR count). The smallest absolute Gasteiger partial charge is 0.258 e. The lowest BCUT2D eigenvalue weighted by Crippen LogP contribution is -2.36. The maximum atomic E-state index is 11.9. The average molecular weight is 239 g/mol. The van der Waals surface area contributed by atoms with Crippen LogP contribution in [0.1, 0.15) is 27.7 Å². The number of aryl methyl sites for hydroxylation is 1. The highest BCUT2D eigenvalue weighted by Crippen LogP contribution is 2.28. The quantitative estimate of drug-likeness (QED) is 0.831. The van der Waals surface area contributed by atoms with Crippen molar-refractivity contribution in [3.05, 3.63) is 65.2 Å². The van der Waals surface area contributed by atoms with Gasteiger partial charge in [0.1, 0.15) is 5.75 Å². The fourth-order valence-electron chi connectivity index (χ4n) is 2.00. The Morgan fingerprint density at radius 1 is 1.06 bits per heavy atom. The molecule has 3 heteroatoms. The number of benzene rings is 2. The van der Waals surface area contributed by atoms with E-state index in [1.807, 2.05) is 49.4 Å². The number of carbonyl (C=O) groups excluding carboxylic acids is 1. The zero-order chi connectivity index (χ0) is 12.5. The molecule has 0 saturated heterocycles. The molecule has 0 spiro atoms. The molecule has 90 valence electrons. The van der Waals surface area contributed by atoms with Crippen molar-refractivity contribution in [1.29, 1.82) is 0 Å². The van der Waals surface area contributed by atoms with E-state index >= 15 is 0 Å². The zero-order valence-corrected chi connectivity index (χ0v) is 10.0. The van der Waals surface area contributed by atoms with Gasteiger partial charge in [0.15, 0.2) is 6.23 Å². The molecule has 0 saturated carbocycles. The standard InChI is InChI=1S/C15H13NO2/c1-10-6-8-11(9-7-10)15-16-14(17)12-4-2-3-5-13(12)18-15/h2-9,15H,1H3,(H,16,17)/t15-/m0/s1. The molecule has 2 aromatic carbocycles. The zero-order valence-electron chi connectivity index (χ0n) is 10.0. The first-order valence-electron chi connectivity index (χ1n) is 5.87. The summed E-state index contributed by atoms with van der Waals surface area (Å²) in [4.78, 5) is 11.9. The highest BCUT2D eigenvalue weighted by atomic mass is 16.5. The molecule has 1 aliphatic heterocycles. The predicted octanol–water partition coefficient (Wildman–Crippen LogP) is 2.82. The van der Waals surface area contributed by atoms with Gasteiger partial charge in [-0.2, -0.15) is 0 Å². The Morgan fingerprint density at radius 3 is 2.56 bits per heavy atom. The van der Waals surface area contributed by atoms with Crippen LogP contribution in [0.5, 0.6) is 5.75 Å². The number of ether oxygens (including phenoxy) is 1. The second-order valence-electron chi connectivity index (χ2n) is 4.38. The van der Waals surface area contributed by atoms with Gasteiger partial charge in [0.2, 0.25) is 0 Å². The Kier molecular flexibility index (Phi) is 2.52. The summed E-state index contributed by atoms with van der Waals surface area (Å²) < 4.78 is 5.80. The van der Waals surface area contributed by atoms with Gasteiger partial charge >= 0.3 is 0 Å². The second-order valence-corrected chi connectivity index (χ2v) is 4.38. The predicted molar refractivity (Wildman–Crippen MR) is 68.5 cm³/mol. The van der Waals surface area contributed by atoms with Crippen molar-refractivity contribution < 1.29 is 9.53 Å². The van der Waals surface area contributed by atoms with E-state index in [1.54, 1.807) is 6.07 Å². The molecule has 0 aliphatic carbocycles. The molecule has 0 bridgehead atoms. The average Bonchev–Trinajstić information content (AvgIpc) is 2.39. The molecule has 18 heavy (non-hydrogen) atoms. The van der Waals surface area contributed by atoms with Crippen molar-refractivity contribution in [1.82, 2.24) is 5.32 Å². The lowest BCUT2D eigenvalue weighted by Gasteiger charge is -2.26. The maximum Gasteiger partial charge on any atom is 0.258 e. The third-order valence-electron chi connectivity index (χ3n) is 3.02. The summed E-state index contributed by atoms with van der Waals surface area (Å²) in [6.45, 7) is 2.03. The van der Waals surface area contributed by atoms with Gasteiger partial charge < -0.3 is 10.1 Å². The van der Waals surface area contributed by atoms with E-state index in [0.29, 0.717) is 11.3 Å². The third kappa shape index (κ3) is 1.84. The van der Waals surface area contributed by atoms with Crippen molar-refractivity contribution in [3.8, 4) is 5.75 Å². The van der Waals surface area contributed by atoms with Gasteiger partial charge in [-0.15, -0.1) is 0 Å². The van der Waals surface area contributed by atoms with Crippen LogP contribution in [0.25, 0.3) is 0 Å². The van der Waals surface area contributed by atoms with E-state index in [0.717, 1.165) is 5.56 Å². The Bertz CT molecular complexity index is 590. The first-order chi connectivity index (χ1) is 8.74. The van der Waals surface area contributed by atoms with Crippen LogP contribution in [0.2, 0.25) is 0 Å². The van der Waals surface area contributed by atoms with Gasteiger partial charge in [0, 0.05) is 5.56 Å². The number of nitrogens with one attached hydrogen (secondary N) is 1. The van der Waals surface area contributed by atoms with Gasteiger partial charge in [-0.1, -0.05) is 42.0 Å². The molecule has 0 fully saturated rings. The summed E-state index contributed by atoms with van der Waals surface area (Å²) >= 11 is 0. The normalized spacial score (nSPS) is 17.6. The molecule has 3 nitrogen and oxygen atoms in total. The fourth-order valence-corrected chi connectivity index (χ4v) is 2.00. The van der Waals surface area contributed by atoms with Crippen LogP contribution in [0, 0.1) is 6.92 Å². The monoisotopic (exact) mass is 239 g/mol. The van der Waals surface area contributed by atoms with E-state index in [4.69, 9.17) is 4.74 Å². The van der Waals surface area contributed by atoms with Crippen LogP contribution in [-0.2, 0) is 0 Å². The molecule has 1 N–H and O–H groups in total. The van der Waals surface area contributed by atoms with Crippen LogP contribution in [0.15, 0.2) is 48.5 Å². The van der Waals surface area contributed by atoms with Crippen molar-refractivity contribution >= 4 is 5.91 Å². The minimum absolute atomic E-state index is 0.0950. The highest BCUT2D eigenvalue weighted by Gasteiger charge is 2.25. The SMILES string of the molecule is Cc1ccc([C@H]2NC(=O)c3ccccc3O2)cc1. The van der Waals surface area contributed by atoms with E-state index in [2.05, 4.69) is 5.32 Å². The maximum absolute atomic E-state index is 11.9. The minimum Gasteiger partial charge on any atom is -0.466 e. The molecule has 1 amide bonds. The van der Waals surface area contributed by atoms with E-state index in [1.165, 1.54) is 5.56 Å². The van der Waals surface area contributed by atoms with Gasteiger partial charge in [-0.3, -0.25) is 4.79 Å². The van der Waals surface area contributed by atoms with Gasteiger partial charge in [0.05, 0.1) is 5.56 Å². The minimum atomic E-state index is -0.409. The third-order valence-corrected chi connectivity index (χ3v) is 3.02. The van der Waals surface area contributed by atoms with Crippen molar-refractivity contribution in [2.24, 2.45) is 0 Å².